The highest BCUT2D eigenvalue weighted by Crippen LogP contribution is 2.18. The maximum Gasteiger partial charge on any atom is 0.351 e. The third-order valence-electron chi connectivity index (χ3n) is 1.54. The predicted octanol–water partition coefficient (Wildman–Crippen LogP) is 0.420. The Morgan fingerprint density at radius 3 is 2.58 bits per heavy atom. The fourth-order valence-electron chi connectivity index (χ4n) is 0.791. The first kappa shape index (κ1) is 8.77. The molecule has 1 aliphatic heterocycles. The summed E-state index contributed by atoms with van der Waals surface area (Å²) < 4.78 is 9.35. The molecule has 1 rings (SSSR count). The maximum atomic E-state index is 10.9. The number of cyclic esters (lactones) is 1. The Morgan fingerprint density at radius 1 is 1.67 bits per heavy atom. The topological polar surface area (TPSA) is 52.6 Å². The second kappa shape index (κ2) is 2.97. The van der Waals surface area contributed by atoms with Crippen molar-refractivity contribution in [3.63, 3.8) is 0 Å². The van der Waals surface area contributed by atoms with Crippen molar-refractivity contribution in [2.45, 2.75) is 26.1 Å². The molecule has 4 nitrogen and oxygen atoms in total. The number of rotatable bonds is 2. The number of hydrogen-bond donors (Lipinski definition) is 0. The van der Waals surface area contributed by atoms with E-state index in [0.29, 0.717) is 0 Å². The molecule has 0 aliphatic carbocycles. The van der Waals surface area contributed by atoms with Gasteiger partial charge in [-0.25, -0.2) is 9.59 Å². The first-order valence-corrected chi connectivity index (χ1v) is 3.59. The Balaban J connectivity index is 2.46. The highest BCUT2D eigenvalue weighted by molar-refractivity contribution is 5.91. The van der Waals surface area contributed by atoms with Crippen LogP contribution in [0.25, 0.3) is 0 Å². The van der Waals surface area contributed by atoms with Crippen LogP contribution in [0.15, 0.2) is 12.2 Å². The van der Waals surface area contributed by atoms with Crippen LogP contribution in [-0.4, -0.2) is 24.1 Å². The van der Waals surface area contributed by atoms with E-state index in [1.54, 1.807) is 6.92 Å². The minimum Gasteiger partial charge on any atom is -0.455 e. The summed E-state index contributed by atoms with van der Waals surface area (Å²) in [5.41, 5.74) is 0.280. The molecule has 1 aliphatic rings. The predicted molar refractivity (Wildman–Crippen MR) is 40.2 cm³/mol. The quantitative estimate of drug-likeness (QED) is 0.445. The van der Waals surface area contributed by atoms with Crippen molar-refractivity contribution in [2.24, 2.45) is 0 Å². The maximum absolute atomic E-state index is 10.9. The summed E-state index contributed by atoms with van der Waals surface area (Å²) in [7, 11) is 0. The monoisotopic (exact) mass is 170 g/mol. The molecule has 0 aromatic rings. The summed E-state index contributed by atoms with van der Waals surface area (Å²) in [6.45, 7) is 6.58. The zero-order valence-electron chi connectivity index (χ0n) is 6.99. The summed E-state index contributed by atoms with van der Waals surface area (Å²) in [6, 6.07) is 0. The van der Waals surface area contributed by atoms with Crippen LogP contribution in [-0.2, 0) is 19.1 Å². The lowest BCUT2D eigenvalue weighted by Gasteiger charge is -2.31. The number of carbonyl (C=O) groups is 2. The van der Waals surface area contributed by atoms with Crippen LogP contribution >= 0.6 is 0 Å². The molecule has 0 amide bonds. The minimum absolute atomic E-state index is 0.280. The van der Waals surface area contributed by atoms with Crippen LogP contribution < -0.4 is 0 Å². The molecule has 0 aromatic carbocycles. The zero-order valence-corrected chi connectivity index (χ0v) is 6.99. The fraction of sp³-hybridized carbons (Fsp3) is 0.500. The van der Waals surface area contributed by atoms with Gasteiger partial charge in [-0.15, -0.1) is 0 Å². The van der Waals surface area contributed by atoms with Gasteiger partial charge in [-0.2, -0.15) is 0 Å². The van der Waals surface area contributed by atoms with E-state index in [-0.39, 0.29) is 11.7 Å². The average Bonchev–Trinajstić information content (AvgIpc) is 2.00. The molecule has 4 heteroatoms. The van der Waals surface area contributed by atoms with Gasteiger partial charge in [0.25, 0.3) is 0 Å². The normalized spacial score (nSPS) is 27.0. The van der Waals surface area contributed by atoms with Crippen molar-refractivity contribution >= 4 is 11.9 Å². The molecule has 1 saturated heterocycles. The van der Waals surface area contributed by atoms with Gasteiger partial charge in [-0.05, 0) is 13.8 Å². The lowest BCUT2D eigenvalue weighted by Crippen LogP contribution is -2.50. The van der Waals surface area contributed by atoms with Gasteiger partial charge in [0.15, 0.2) is 0 Å². The molecule has 2 atom stereocenters. The molecule has 12 heavy (non-hydrogen) atoms. The van der Waals surface area contributed by atoms with E-state index < -0.39 is 18.0 Å². The van der Waals surface area contributed by atoms with Crippen molar-refractivity contribution < 1.29 is 19.1 Å². The molecule has 0 spiro atoms. The van der Waals surface area contributed by atoms with Crippen LogP contribution in [0.5, 0.6) is 0 Å². The van der Waals surface area contributed by atoms with Crippen molar-refractivity contribution in [3.8, 4) is 0 Å². The van der Waals surface area contributed by atoms with E-state index in [9.17, 15) is 9.59 Å². The summed E-state index contributed by atoms with van der Waals surface area (Å²) in [5.74, 6) is -1.04. The molecule has 1 heterocycles. The highest BCUT2D eigenvalue weighted by Gasteiger charge is 2.42. The van der Waals surface area contributed by atoms with Crippen molar-refractivity contribution in [3.05, 3.63) is 12.2 Å². The summed E-state index contributed by atoms with van der Waals surface area (Å²) in [4.78, 5) is 21.6. The first-order chi connectivity index (χ1) is 5.52. The van der Waals surface area contributed by atoms with Gasteiger partial charge >= 0.3 is 11.9 Å². The van der Waals surface area contributed by atoms with Gasteiger partial charge in [0.2, 0.25) is 6.10 Å². The number of carbonyl (C=O) groups excluding carboxylic acids is 2. The average molecular weight is 170 g/mol. The largest absolute Gasteiger partial charge is 0.455 e. The second-order valence-corrected chi connectivity index (χ2v) is 2.75. The number of esters is 2. The lowest BCUT2D eigenvalue weighted by molar-refractivity contribution is -0.204. The number of hydrogen-bond acceptors (Lipinski definition) is 4. The fourth-order valence-corrected chi connectivity index (χ4v) is 0.791. The summed E-state index contributed by atoms with van der Waals surface area (Å²) in [5, 5.41) is 0. The van der Waals surface area contributed by atoms with Crippen molar-refractivity contribution in [1.29, 1.82) is 0 Å². The summed E-state index contributed by atoms with van der Waals surface area (Å²) >= 11 is 0. The molecule has 0 N–H and O–H groups in total. The van der Waals surface area contributed by atoms with E-state index in [1.807, 2.05) is 0 Å². The Morgan fingerprint density at radius 2 is 2.25 bits per heavy atom. The number of ether oxygens (including phenoxy) is 2. The molecule has 0 aromatic heterocycles. The Hall–Kier alpha value is -1.32. The molecule has 2 unspecified atom stereocenters. The van der Waals surface area contributed by atoms with Gasteiger partial charge in [0, 0.05) is 5.57 Å². The van der Waals surface area contributed by atoms with Gasteiger partial charge in [-0.3, -0.25) is 0 Å². The summed E-state index contributed by atoms with van der Waals surface area (Å²) in [6.07, 6.45) is -1.07. The third kappa shape index (κ3) is 1.47. The van der Waals surface area contributed by atoms with Crippen LogP contribution in [0.4, 0.5) is 0 Å². The van der Waals surface area contributed by atoms with Gasteiger partial charge in [0.05, 0.1) is 0 Å². The van der Waals surface area contributed by atoms with E-state index in [2.05, 4.69) is 11.3 Å². The van der Waals surface area contributed by atoms with Crippen molar-refractivity contribution in [2.75, 3.05) is 0 Å². The Kier molecular flexibility index (Phi) is 2.17. The van der Waals surface area contributed by atoms with Crippen LogP contribution in [0.1, 0.15) is 13.8 Å². The van der Waals surface area contributed by atoms with Crippen LogP contribution in [0, 0.1) is 0 Å². The standard InChI is InChI=1S/C8H10O4/c1-4(2)7(9)12-6-5(3)11-8(6)10/h5-6H,1H2,2-3H3. The Labute approximate surface area is 70.1 Å². The molecule has 66 valence electrons. The lowest BCUT2D eigenvalue weighted by atomic mass is 10.1. The molecule has 1 fully saturated rings. The second-order valence-electron chi connectivity index (χ2n) is 2.75. The minimum atomic E-state index is -0.741. The third-order valence-corrected chi connectivity index (χ3v) is 1.54. The molecular formula is C8H10O4. The zero-order chi connectivity index (χ0) is 9.30. The first-order valence-electron chi connectivity index (χ1n) is 3.59. The molecule has 0 bridgehead atoms. The SMILES string of the molecule is C=C(C)C(=O)OC1C(=O)OC1C. The van der Waals surface area contributed by atoms with E-state index in [1.165, 1.54) is 6.92 Å². The van der Waals surface area contributed by atoms with Crippen LogP contribution in [0.2, 0.25) is 0 Å². The Bertz CT molecular complexity index is 243. The molecule has 0 radical (unpaired) electrons. The van der Waals surface area contributed by atoms with E-state index >= 15 is 0 Å². The molecular weight excluding hydrogens is 160 g/mol. The molecule has 0 saturated carbocycles. The van der Waals surface area contributed by atoms with Gasteiger partial charge in [-0.1, -0.05) is 6.58 Å². The van der Waals surface area contributed by atoms with E-state index in [4.69, 9.17) is 4.74 Å². The highest BCUT2D eigenvalue weighted by atomic mass is 16.6. The van der Waals surface area contributed by atoms with Crippen molar-refractivity contribution in [1.82, 2.24) is 0 Å². The van der Waals surface area contributed by atoms with E-state index in [0.717, 1.165) is 0 Å². The van der Waals surface area contributed by atoms with Crippen LogP contribution in [0.3, 0.4) is 0 Å². The smallest absolute Gasteiger partial charge is 0.351 e. The van der Waals surface area contributed by atoms with Gasteiger partial charge < -0.3 is 9.47 Å². The van der Waals surface area contributed by atoms with Gasteiger partial charge in [0.1, 0.15) is 6.10 Å².